The van der Waals surface area contributed by atoms with Gasteiger partial charge in [0.25, 0.3) is 0 Å². The summed E-state index contributed by atoms with van der Waals surface area (Å²) >= 11 is 0. The predicted molar refractivity (Wildman–Crippen MR) is 104 cm³/mol. The van der Waals surface area contributed by atoms with Crippen LogP contribution in [0, 0.1) is 0 Å². The molecule has 4 nitrogen and oxygen atoms in total. The average molecular weight is 379 g/mol. The number of alkyl halides is 1. The van der Waals surface area contributed by atoms with Crippen molar-refractivity contribution in [1.29, 1.82) is 0 Å². The summed E-state index contributed by atoms with van der Waals surface area (Å²) in [6, 6.07) is 0. The minimum atomic E-state index is -1.84. The molecule has 0 fully saturated rings. The van der Waals surface area contributed by atoms with E-state index in [0.717, 1.165) is 31.4 Å². The molecule has 1 aliphatic rings. The van der Waals surface area contributed by atoms with Crippen molar-refractivity contribution in [2.45, 2.75) is 39.8 Å². The number of hydrogen-bond donors (Lipinski definition) is 1. The van der Waals surface area contributed by atoms with Crippen LogP contribution >= 0.6 is 0 Å². The summed E-state index contributed by atoms with van der Waals surface area (Å²) in [5.74, 6) is -0.869. The van der Waals surface area contributed by atoms with Gasteiger partial charge in [-0.05, 0) is 37.5 Å². The minimum Gasteiger partial charge on any atom is -0.445 e. The molecular formula is C21H27F2NO3. The Bertz CT molecular complexity index is 640. The van der Waals surface area contributed by atoms with Gasteiger partial charge in [-0.3, -0.25) is 10.1 Å². The minimum absolute atomic E-state index is 0.138. The molecule has 6 heteroatoms. The fraction of sp³-hybridized carbons (Fsp3) is 0.333. The molecule has 1 amide bonds. The Hall–Kier alpha value is -2.76. The Morgan fingerprint density at radius 3 is 2.70 bits per heavy atom. The molecule has 0 aliphatic heterocycles. The second-order valence-corrected chi connectivity index (χ2v) is 5.15. The molecular weight excluding hydrogens is 352 g/mol. The molecule has 0 aromatic rings. The summed E-state index contributed by atoms with van der Waals surface area (Å²) in [7, 11) is 0. The molecule has 0 heterocycles. The lowest BCUT2D eigenvalue weighted by molar-refractivity contribution is -0.105. The van der Waals surface area contributed by atoms with E-state index in [1.54, 1.807) is 0 Å². The average Bonchev–Trinajstić information content (AvgIpc) is 2.62. The summed E-state index contributed by atoms with van der Waals surface area (Å²) in [5.41, 5.74) is 0.433. The number of allylic oxidation sites excluding steroid dienone is 10. The normalized spacial score (nSPS) is 18.9. The zero-order chi connectivity index (χ0) is 20.5. The van der Waals surface area contributed by atoms with E-state index >= 15 is 0 Å². The summed E-state index contributed by atoms with van der Waals surface area (Å²) in [5, 5.41) is 2.36. The quantitative estimate of drug-likeness (QED) is 0.365. The molecule has 1 rings (SSSR count). The highest BCUT2D eigenvalue weighted by Gasteiger charge is 2.11. The van der Waals surface area contributed by atoms with Crippen LogP contribution in [-0.4, -0.2) is 25.2 Å². The van der Waals surface area contributed by atoms with Gasteiger partial charge in [0.2, 0.25) is 0 Å². The third kappa shape index (κ3) is 11.5. The number of alkyl carbamates (subject to hydrolysis) is 1. The molecule has 0 bridgehead atoms. The van der Waals surface area contributed by atoms with Gasteiger partial charge < -0.3 is 4.74 Å². The van der Waals surface area contributed by atoms with Crippen LogP contribution in [0.4, 0.5) is 13.6 Å². The number of nitrogens with one attached hydrogen (secondary N) is 1. The van der Waals surface area contributed by atoms with Crippen molar-refractivity contribution in [1.82, 2.24) is 5.32 Å². The van der Waals surface area contributed by atoms with Crippen LogP contribution in [-0.2, 0) is 9.53 Å². The van der Waals surface area contributed by atoms with Gasteiger partial charge in [0.1, 0.15) is 18.6 Å². The highest BCUT2D eigenvalue weighted by Crippen LogP contribution is 2.12. The van der Waals surface area contributed by atoms with Gasteiger partial charge in [0, 0.05) is 6.20 Å². The number of ether oxygens (including phenoxy) is 1. The van der Waals surface area contributed by atoms with Crippen molar-refractivity contribution >= 4 is 12.4 Å². The van der Waals surface area contributed by atoms with E-state index in [4.69, 9.17) is 4.74 Å². The highest BCUT2D eigenvalue weighted by molar-refractivity contribution is 5.76. The van der Waals surface area contributed by atoms with E-state index in [2.05, 4.69) is 5.32 Å². The van der Waals surface area contributed by atoms with E-state index in [9.17, 15) is 18.4 Å². The summed E-state index contributed by atoms with van der Waals surface area (Å²) < 4.78 is 31.4. The Morgan fingerprint density at radius 2 is 2.04 bits per heavy atom. The van der Waals surface area contributed by atoms with Crippen LogP contribution < -0.4 is 5.32 Å². The van der Waals surface area contributed by atoms with Gasteiger partial charge >= 0.3 is 6.09 Å². The Labute approximate surface area is 159 Å². The summed E-state index contributed by atoms with van der Waals surface area (Å²) in [4.78, 5) is 22.1. The molecule has 0 radical (unpaired) electrons. The largest absolute Gasteiger partial charge is 0.445 e. The van der Waals surface area contributed by atoms with Gasteiger partial charge in [0.15, 0.2) is 6.29 Å². The topological polar surface area (TPSA) is 55.4 Å². The van der Waals surface area contributed by atoms with Crippen molar-refractivity contribution in [3.05, 3.63) is 71.8 Å². The maximum atomic E-state index is 13.5. The number of carbonyl (C=O) groups is 2. The molecule has 148 valence electrons. The Balaban J connectivity index is 0.00000326. The lowest BCUT2D eigenvalue weighted by Gasteiger charge is -2.07. The van der Waals surface area contributed by atoms with Crippen molar-refractivity contribution in [2.75, 3.05) is 6.61 Å². The highest BCUT2D eigenvalue weighted by atomic mass is 19.1. The number of carbonyl (C=O) groups excluding carboxylic acids is 2. The van der Waals surface area contributed by atoms with Gasteiger partial charge in [0.05, 0.1) is 5.57 Å². The van der Waals surface area contributed by atoms with E-state index in [0.29, 0.717) is 0 Å². The number of rotatable bonds is 7. The second kappa shape index (κ2) is 15.5. The molecule has 0 aromatic carbocycles. The van der Waals surface area contributed by atoms with Crippen LogP contribution in [0.25, 0.3) is 0 Å². The number of amides is 1. The van der Waals surface area contributed by atoms with Crippen LogP contribution in [0.2, 0.25) is 0 Å². The van der Waals surface area contributed by atoms with Crippen LogP contribution in [0.1, 0.15) is 33.6 Å². The zero-order valence-electron chi connectivity index (χ0n) is 16.0. The lowest BCUT2D eigenvalue weighted by Crippen LogP contribution is -2.19. The first-order chi connectivity index (χ1) is 13.0. The second-order valence-electron chi connectivity index (χ2n) is 5.15. The van der Waals surface area contributed by atoms with Gasteiger partial charge in [-0.2, -0.15) is 0 Å². The monoisotopic (exact) mass is 379 g/mol. The number of halogens is 2. The smallest absolute Gasteiger partial charge is 0.411 e. The molecule has 1 N–H and O–H groups in total. The van der Waals surface area contributed by atoms with Crippen LogP contribution in [0.3, 0.4) is 0 Å². The molecule has 27 heavy (non-hydrogen) atoms. The predicted octanol–water partition coefficient (Wildman–Crippen LogP) is 5.42. The lowest BCUT2D eigenvalue weighted by atomic mass is 10.1. The third-order valence-electron chi connectivity index (χ3n) is 3.22. The fourth-order valence-electron chi connectivity index (χ4n) is 1.88. The maximum Gasteiger partial charge on any atom is 0.411 e. The van der Waals surface area contributed by atoms with Crippen molar-refractivity contribution in [3.63, 3.8) is 0 Å². The van der Waals surface area contributed by atoms with E-state index in [1.165, 1.54) is 18.4 Å². The standard InChI is InChI=1S/C19H21F2NO3.C2H6/c1-15(20)17(13-23)18(21)11-7-8-12-22-19(24)25-14-16-9-5-3-2-4-6-10-16;1-2/h2-5,7-9,11-13,18H,6,10,14H2,1H3,(H,22,24);1-2H3/b4-2?,5-3-,11-7?,12-8+,16-9+,17-15+;. The Morgan fingerprint density at radius 1 is 1.30 bits per heavy atom. The van der Waals surface area contributed by atoms with E-state index < -0.39 is 23.7 Å². The van der Waals surface area contributed by atoms with Gasteiger partial charge in [-0.1, -0.05) is 50.3 Å². The number of hydrogen-bond acceptors (Lipinski definition) is 3. The fourth-order valence-corrected chi connectivity index (χ4v) is 1.88. The first-order valence-corrected chi connectivity index (χ1v) is 8.78. The maximum absolute atomic E-state index is 13.5. The molecule has 1 unspecified atom stereocenters. The van der Waals surface area contributed by atoms with Crippen molar-refractivity contribution < 1.29 is 23.1 Å². The first kappa shape index (κ1) is 24.2. The molecule has 1 atom stereocenters. The first-order valence-electron chi connectivity index (χ1n) is 8.78. The zero-order valence-corrected chi connectivity index (χ0v) is 16.0. The van der Waals surface area contributed by atoms with E-state index in [-0.39, 0.29) is 12.9 Å². The summed E-state index contributed by atoms with van der Waals surface area (Å²) in [6.07, 6.45) is 13.9. The molecule has 0 saturated carbocycles. The molecule has 1 aliphatic carbocycles. The number of aldehydes is 1. The summed E-state index contributed by atoms with van der Waals surface area (Å²) in [6.45, 7) is 5.19. The van der Waals surface area contributed by atoms with Crippen LogP contribution in [0.5, 0.6) is 0 Å². The van der Waals surface area contributed by atoms with Crippen molar-refractivity contribution in [2.24, 2.45) is 0 Å². The van der Waals surface area contributed by atoms with Crippen LogP contribution in [0.15, 0.2) is 71.8 Å². The van der Waals surface area contributed by atoms with Gasteiger partial charge in [-0.15, -0.1) is 0 Å². The van der Waals surface area contributed by atoms with E-state index in [1.807, 2.05) is 44.2 Å². The van der Waals surface area contributed by atoms with Gasteiger partial charge in [-0.25, -0.2) is 13.6 Å². The SMILES string of the molecule is C/C(F)=C(/C=O)C(F)C=C/C=C/NC(=O)OC/C1=C/C=C\C=CCC1.CC. The Kier molecular flexibility index (Phi) is 13.9. The third-order valence-corrected chi connectivity index (χ3v) is 3.22. The molecule has 0 saturated heterocycles. The van der Waals surface area contributed by atoms with Crippen molar-refractivity contribution in [3.8, 4) is 0 Å². The molecule has 0 aromatic heterocycles. The molecule has 0 spiro atoms.